The van der Waals surface area contributed by atoms with Crippen molar-refractivity contribution >= 4 is 11.9 Å². The number of likely N-dealkylation sites (N-methyl/N-ethyl adjacent to an activating group) is 1. The molecule has 0 unspecified atom stereocenters. The summed E-state index contributed by atoms with van der Waals surface area (Å²) in [5.41, 5.74) is 5.33. The number of hydrogen-bond acceptors (Lipinski definition) is 5. The summed E-state index contributed by atoms with van der Waals surface area (Å²) in [7, 11) is 1.61. The molecule has 0 bridgehead atoms. The van der Waals surface area contributed by atoms with E-state index in [1.807, 2.05) is 0 Å². The van der Waals surface area contributed by atoms with Gasteiger partial charge in [-0.15, -0.1) is 5.10 Å². The van der Waals surface area contributed by atoms with Gasteiger partial charge in [-0.1, -0.05) is 0 Å². The van der Waals surface area contributed by atoms with Crippen LogP contribution in [0.25, 0.3) is 0 Å². The maximum absolute atomic E-state index is 12.7. The first-order valence-corrected chi connectivity index (χ1v) is 5.88. The minimum atomic E-state index is -0.336. The molecular formula is C12H14FN5O2. The first-order valence-electron chi connectivity index (χ1n) is 5.88. The highest BCUT2D eigenvalue weighted by Crippen LogP contribution is 2.10. The highest BCUT2D eigenvalue weighted by Gasteiger charge is 2.15. The Morgan fingerprint density at radius 3 is 2.75 bits per heavy atom. The number of H-pyrrole nitrogens is 1. The van der Waals surface area contributed by atoms with Gasteiger partial charge < -0.3 is 15.4 Å². The molecule has 3 N–H and O–H groups in total. The molecule has 2 aromatic rings. The summed E-state index contributed by atoms with van der Waals surface area (Å²) in [5.74, 6) is -0.0308. The Morgan fingerprint density at radius 2 is 2.15 bits per heavy atom. The van der Waals surface area contributed by atoms with E-state index >= 15 is 0 Å². The standard InChI is InChI=1S/C12H14FN5O2/c1-18(11(19)10-15-12(14)17-16-10)6-7-20-9-4-2-8(13)3-5-9/h2-5H,6-7H2,1H3,(H3,14,15,16,17). The average molecular weight is 279 g/mol. The van der Waals surface area contributed by atoms with Gasteiger partial charge in [-0.3, -0.25) is 9.89 Å². The van der Waals surface area contributed by atoms with Crippen LogP contribution in [0.5, 0.6) is 5.75 Å². The lowest BCUT2D eigenvalue weighted by molar-refractivity contribution is 0.0762. The molecule has 1 aromatic carbocycles. The largest absolute Gasteiger partial charge is 0.492 e. The Morgan fingerprint density at radius 1 is 1.45 bits per heavy atom. The van der Waals surface area contributed by atoms with E-state index in [9.17, 15) is 9.18 Å². The smallest absolute Gasteiger partial charge is 0.291 e. The molecule has 0 fully saturated rings. The van der Waals surface area contributed by atoms with Crippen molar-refractivity contribution in [3.05, 3.63) is 35.9 Å². The van der Waals surface area contributed by atoms with E-state index in [4.69, 9.17) is 10.5 Å². The van der Waals surface area contributed by atoms with Crippen LogP contribution in [0.4, 0.5) is 10.3 Å². The van der Waals surface area contributed by atoms with Crippen LogP contribution in [0, 0.1) is 5.82 Å². The second kappa shape index (κ2) is 6.00. The molecule has 0 saturated carbocycles. The van der Waals surface area contributed by atoms with Gasteiger partial charge in [0.2, 0.25) is 11.8 Å². The second-order valence-corrected chi connectivity index (χ2v) is 4.07. The first-order chi connectivity index (χ1) is 9.56. The van der Waals surface area contributed by atoms with E-state index in [1.165, 1.54) is 29.2 Å². The number of aromatic amines is 1. The lowest BCUT2D eigenvalue weighted by Crippen LogP contribution is -2.31. The number of hydrogen-bond donors (Lipinski definition) is 2. The summed E-state index contributed by atoms with van der Waals surface area (Å²) >= 11 is 0. The maximum Gasteiger partial charge on any atom is 0.291 e. The SMILES string of the molecule is CN(CCOc1ccc(F)cc1)C(=O)c1nc(N)n[nH]1. The number of nitrogen functional groups attached to an aromatic ring is 1. The minimum absolute atomic E-state index is 0.0179. The third-order valence-corrected chi connectivity index (χ3v) is 2.56. The number of nitrogens with one attached hydrogen (secondary N) is 1. The van der Waals surface area contributed by atoms with Gasteiger partial charge in [0.25, 0.3) is 5.91 Å². The molecule has 0 spiro atoms. The van der Waals surface area contributed by atoms with Crippen molar-refractivity contribution in [3.8, 4) is 5.75 Å². The van der Waals surface area contributed by atoms with Crippen molar-refractivity contribution in [3.63, 3.8) is 0 Å². The molecule has 7 nitrogen and oxygen atoms in total. The van der Waals surface area contributed by atoms with Crippen molar-refractivity contribution < 1.29 is 13.9 Å². The van der Waals surface area contributed by atoms with Crippen LogP contribution < -0.4 is 10.5 Å². The molecule has 2 rings (SSSR count). The van der Waals surface area contributed by atoms with Gasteiger partial charge in [-0.05, 0) is 24.3 Å². The molecule has 0 atom stereocenters. The Hall–Kier alpha value is -2.64. The third-order valence-electron chi connectivity index (χ3n) is 2.56. The number of carbonyl (C=O) groups excluding carboxylic acids is 1. The highest BCUT2D eigenvalue weighted by atomic mass is 19.1. The molecule has 106 valence electrons. The summed E-state index contributed by atoms with van der Waals surface area (Å²) in [4.78, 5) is 17.0. The van der Waals surface area contributed by atoms with Crippen molar-refractivity contribution in [2.45, 2.75) is 0 Å². The fraction of sp³-hybridized carbons (Fsp3) is 0.250. The predicted molar refractivity (Wildman–Crippen MR) is 69.7 cm³/mol. The zero-order chi connectivity index (χ0) is 14.5. The lowest BCUT2D eigenvalue weighted by atomic mass is 10.3. The second-order valence-electron chi connectivity index (χ2n) is 4.07. The first kappa shape index (κ1) is 13.8. The highest BCUT2D eigenvalue weighted by molar-refractivity contribution is 5.90. The van der Waals surface area contributed by atoms with E-state index < -0.39 is 0 Å². The molecule has 20 heavy (non-hydrogen) atoms. The Balaban J connectivity index is 1.81. The average Bonchev–Trinajstić information content (AvgIpc) is 2.86. The van der Waals surface area contributed by atoms with Gasteiger partial charge in [0.05, 0.1) is 6.54 Å². The van der Waals surface area contributed by atoms with E-state index in [-0.39, 0.29) is 30.1 Å². The van der Waals surface area contributed by atoms with E-state index in [1.54, 1.807) is 7.05 Å². The molecule has 1 amide bonds. The number of benzene rings is 1. The van der Waals surface area contributed by atoms with Gasteiger partial charge >= 0.3 is 0 Å². The van der Waals surface area contributed by atoms with Gasteiger partial charge in [0.15, 0.2) is 0 Å². The zero-order valence-corrected chi connectivity index (χ0v) is 10.8. The van der Waals surface area contributed by atoms with Crippen LogP contribution in [0.1, 0.15) is 10.6 Å². The number of nitrogens with two attached hydrogens (primary N) is 1. The fourth-order valence-electron chi connectivity index (χ4n) is 1.48. The third kappa shape index (κ3) is 3.44. The van der Waals surface area contributed by atoms with Gasteiger partial charge in [0, 0.05) is 7.05 Å². The molecule has 0 saturated heterocycles. The quantitative estimate of drug-likeness (QED) is 0.838. The van der Waals surface area contributed by atoms with Gasteiger partial charge in [0.1, 0.15) is 18.2 Å². The molecule has 0 aliphatic rings. The lowest BCUT2D eigenvalue weighted by Gasteiger charge is -2.15. The normalized spacial score (nSPS) is 10.3. The van der Waals surface area contributed by atoms with Gasteiger partial charge in [-0.25, -0.2) is 4.39 Å². The molecule has 0 radical (unpaired) electrons. The summed E-state index contributed by atoms with van der Waals surface area (Å²) < 4.78 is 18.1. The Labute approximate surface area is 114 Å². The monoisotopic (exact) mass is 279 g/mol. The van der Waals surface area contributed by atoms with Crippen molar-refractivity contribution in [2.24, 2.45) is 0 Å². The van der Waals surface area contributed by atoms with Crippen LogP contribution in [-0.2, 0) is 0 Å². The number of nitrogens with zero attached hydrogens (tertiary/aromatic N) is 3. The number of halogens is 1. The van der Waals surface area contributed by atoms with Gasteiger partial charge in [-0.2, -0.15) is 4.98 Å². The van der Waals surface area contributed by atoms with Crippen LogP contribution >= 0.6 is 0 Å². The predicted octanol–water partition coefficient (Wildman–Crippen LogP) is 0.677. The Bertz CT molecular complexity index is 584. The summed E-state index contributed by atoms with van der Waals surface area (Å²) in [5, 5.41) is 6.02. The molecular weight excluding hydrogens is 265 g/mol. The Kier molecular flexibility index (Phi) is 4.14. The fourth-order valence-corrected chi connectivity index (χ4v) is 1.48. The van der Waals surface area contributed by atoms with E-state index in [2.05, 4.69) is 15.2 Å². The molecule has 0 aliphatic carbocycles. The summed E-state index contributed by atoms with van der Waals surface area (Å²) in [6.07, 6.45) is 0. The number of anilines is 1. The maximum atomic E-state index is 12.7. The summed E-state index contributed by atoms with van der Waals surface area (Å²) in [6, 6.07) is 5.66. The number of carbonyl (C=O) groups is 1. The number of rotatable bonds is 5. The van der Waals surface area contributed by atoms with E-state index in [0.29, 0.717) is 12.3 Å². The van der Waals surface area contributed by atoms with E-state index in [0.717, 1.165) is 0 Å². The van der Waals surface area contributed by atoms with Crippen LogP contribution in [-0.4, -0.2) is 46.2 Å². The molecule has 8 heteroatoms. The molecule has 0 aliphatic heterocycles. The number of ether oxygens (including phenoxy) is 1. The summed E-state index contributed by atoms with van der Waals surface area (Å²) in [6.45, 7) is 0.619. The molecule has 1 heterocycles. The number of amides is 1. The minimum Gasteiger partial charge on any atom is -0.492 e. The topological polar surface area (TPSA) is 97.1 Å². The zero-order valence-electron chi connectivity index (χ0n) is 10.8. The van der Waals surface area contributed by atoms with Crippen LogP contribution in [0.15, 0.2) is 24.3 Å². The number of aromatic nitrogens is 3. The van der Waals surface area contributed by atoms with Crippen molar-refractivity contribution in [1.82, 2.24) is 20.1 Å². The van der Waals surface area contributed by atoms with Crippen molar-refractivity contribution in [2.75, 3.05) is 25.9 Å². The van der Waals surface area contributed by atoms with Crippen LogP contribution in [0.3, 0.4) is 0 Å². The molecule has 1 aromatic heterocycles. The van der Waals surface area contributed by atoms with Crippen LogP contribution in [0.2, 0.25) is 0 Å². The van der Waals surface area contributed by atoms with Crippen molar-refractivity contribution in [1.29, 1.82) is 0 Å².